The number of carbonyl (C=O) groups excluding carboxylic acids is 1. The van der Waals surface area contributed by atoms with Crippen LogP contribution in [0.1, 0.15) is 12.8 Å². The zero-order valence-corrected chi connectivity index (χ0v) is 13.4. The fourth-order valence-electron chi connectivity index (χ4n) is 2.53. The monoisotopic (exact) mass is 335 g/mol. The van der Waals surface area contributed by atoms with Crippen molar-refractivity contribution in [3.8, 4) is 0 Å². The van der Waals surface area contributed by atoms with Gasteiger partial charge < -0.3 is 10.6 Å². The summed E-state index contributed by atoms with van der Waals surface area (Å²) in [6.07, 6.45) is 2.22. The Bertz CT molecular complexity index is 487. The quantitative estimate of drug-likeness (QED) is 0.869. The van der Waals surface area contributed by atoms with E-state index in [4.69, 9.17) is 11.6 Å². The predicted molar refractivity (Wildman–Crippen MR) is 85.8 cm³/mol. The number of nitrogens with zero attached hydrogens (tertiary/aromatic N) is 1. The SMILES string of the molecule is CNCC1CCCN1CC(=O)Nc1ccc(F)c(Cl)c1.Cl. The average molecular weight is 336 g/mol. The van der Waals surface area contributed by atoms with Gasteiger partial charge in [-0.1, -0.05) is 11.6 Å². The molecule has 118 valence electrons. The first-order chi connectivity index (χ1) is 9.60. The van der Waals surface area contributed by atoms with Gasteiger partial charge in [-0.3, -0.25) is 9.69 Å². The highest BCUT2D eigenvalue weighted by atomic mass is 35.5. The van der Waals surface area contributed by atoms with Crippen LogP contribution in [0.2, 0.25) is 5.02 Å². The second-order valence-corrected chi connectivity index (χ2v) is 5.41. The van der Waals surface area contributed by atoms with Gasteiger partial charge >= 0.3 is 0 Å². The molecule has 0 saturated carbocycles. The molecule has 4 nitrogen and oxygen atoms in total. The highest BCUT2D eigenvalue weighted by molar-refractivity contribution is 6.31. The fraction of sp³-hybridized carbons (Fsp3) is 0.500. The predicted octanol–water partition coefficient (Wildman–Crippen LogP) is 2.52. The summed E-state index contributed by atoms with van der Waals surface area (Å²) < 4.78 is 13.0. The molecule has 1 aromatic carbocycles. The summed E-state index contributed by atoms with van der Waals surface area (Å²) in [7, 11) is 1.91. The van der Waals surface area contributed by atoms with Crippen LogP contribution in [0.5, 0.6) is 0 Å². The van der Waals surface area contributed by atoms with E-state index >= 15 is 0 Å². The van der Waals surface area contributed by atoms with E-state index in [-0.39, 0.29) is 23.3 Å². The Hall–Kier alpha value is -0.880. The van der Waals surface area contributed by atoms with Crippen LogP contribution < -0.4 is 10.6 Å². The lowest BCUT2D eigenvalue weighted by atomic mass is 10.2. The molecule has 1 atom stereocenters. The van der Waals surface area contributed by atoms with Gasteiger partial charge in [-0.25, -0.2) is 4.39 Å². The standard InChI is InChI=1S/C14H19ClFN3O.ClH/c1-17-8-11-3-2-6-19(11)9-14(20)18-10-4-5-13(16)12(15)7-10;/h4-5,7,11,17H,2-3,6,8-9H2,1H3,(H,18,20);1H. The molecule has 1 aliphatic rings. The van der Waals surface area contributed by atoms with E-state index in [9.17, 15) is 9.18 Å². The maximum Gasteiger partial charge on any atom is 0.238 e. The van der Waals surface area contributed by atoms with Gasteiger partial charge in [-0.15, -0.1) is 12.4 Å². The Balaban J connectivity index is 0.00000220. The van der Waals surface area contributed by atoms with Crippen molar-refractivity contribution in [2.45, 2.75) is 18.9 Å². The summed E-state index contributed by atoms with van der Waals surface area (Å²) in [5.41, 5.74) is 0.519. The van der Waals surface area contributed by atoms with E-state index in [1.807, 2.05) is 7.05 Å². The molecule has 1 fully saturated rings. The first-order valence-corrected chi connectivity index (χ1v) is 7.11. The number of nitrogens with one attached hydrogen (secondary N) is 2. The van der Waals surface area contributed by atoms with Crippen molar-refractivity contribution in [3.63, 3.8) is 0 Å². The molecule has 0 aromatic heterocycles. The van der Waals surface area contributed by atoms with Gasteiger partial charge in [-0.2, -0.15) is 0 Å². The number of amides is 1. The lowest BCUT2D eigenvalue weighted by molar-refractivity contribution is -0.117. The van der Waals surface area contributed by atoms with Gasteiger partial charge in [-0.05, 0) is 44.6 Å². The topological polar surface area (TPSA) is 44.4 Å². The van der Waals surface area contributed by atoms with Crippen molar-refractivity contribution in [1.29, 1.82) is 0 Å². The number of halogens is 3. The number of hydrogen-bond acceptors (Lipinski definition) is 3. The summed E-state index contributed by atoms with van der Waals surface area (Å²) in [5.74, 6) is -0.589. The lowest BCUT2D eigenvalue weighted by Gasteiger charge is -2.23. The van der Waals surface area contributed by atoms with Gasteiger partial charge in [0.2, 0.25) is 5.91 Å². The molecular formula is C14H20Cl2FN3O. The van der Waals surface area contributed by atoms with Crippen molar-refractivity contribution in [3.05, 3.63) is 29.0 Å². The molecule has 0 bridgehead atoms. The minimum atomic E-state index is -0.488. The van der Waals surface area contributed by atoms with E-state index in [1.54, 1.807) is 0 Å². The Morgan fingerprint density at radius 1 is 1.52 bits per heavy atom. The Morgan fingerprint density at radius 2 is 2.29 bits per heavy atom. The third-order valence-corrected chi connectivity index (χ3v) is 3.78. The van der Waals surface area contributed by atoms with Crippen LogP contribution in [0.3, 0.4) is 0 Å². The molecular weight excluding hydrogens is 316 g/mol. The first-order valence-electron chi connectivity index (χ1n) is 6.73. The molecule has 1 saturated heterocycles. The van der Waals surface area contributed by atoms with Gasteiger partial charge in [0.05, 0.1) is 11.6 Å². The van der Waals surface area contributed by atoms with Gasteiger partial charge in [0.15, 0.2) is 0 Å². The minimum Gasteiger partial charge on any atom is -0.325 e. The van der Waals surface area contributed by atoms with E-state index in [0.29, 0.717) is 18.3 Å². The molecule has 2 rings (SSSR count). The minimum absolute atomic E-state index is 0. The number of likely N-dealkylation sites (N-methyl/N-ethyl adjacent to an activating group) is 1. The Morgan fingerprint density at radius 3 is 2.95 bits per heavy atom. The molecule has 2 N–H and O–H groups in total. The van der Waals surface area contributed by atoms with E-state index in [1.165, 1.54) is 18.2 Å². The average Bonchev–Trinajstić information content (AvgIpc) is 2.82. The summed E-state index contributed by atoms with van der Waals surface area (Å²) in [6.45, 7) is 2.17. The molecule has 0 spiro atoms. The second kappa shape index (κ2) is 8.54. The normalized spacial score (nSPS) is 18.3. The zero-order valence-electron chi connectivity index (χ0n) is 11.9. The summed E-state index contributed by atoms with van der Waals surface area (Å²) in [4.78, 5) is 14.2. The number of anilines is 1. The highest BCUT2D eigenvalue weighted by Gasteiger charge is 2.25. The molecule has 0 radical (unpaired) electrons. The van der Waals surface area contributed by atoms with E-state index in [0.717, 1.165) is 25.9 Å². The number of rotatable bonds is 5. The van der Waals surface area contributed by atoms with Crippen molar-refractivity contribution >= 4 is 35.6 Å². The number of benzene rings is 1. The largest absolute Gasteiger partial charge is 0.325 e. The Kier molecular flexibility index (Phi) is 7.39. The van der Waals surface area contributed by atoms with Crippen LogP contribution >= 0.6 is 24.0 Å². The summed E-state index contributed by atoms with van der Waals surface area (Å²) in [5, 5.41) is 5.90. The molecule has 7 heteroatoms. The lowest BCUT2D eigenvalue weighted by Crippen LogP contribution is -2.41. The molecule has 1 aliphatic heterocycles. The highest BCUT2D eigenvalue weighted by Crippen LogP contribution is 2.20. The smallest absolute Gasteiger partial charge is 0.238 e. The van der Waals surface area contributed by atoms with Crippen LogP contribution in [0.4, 0.5) is 10.1 Å². The number of carbonyl (C=O) groups is 1. The third-order valence-electron chi connectivity index (χ3n) is 3.49. The maximum atomic E-state index is 13.0. The fourth-order valence-corrected chi connectivity index (χ4v) is 2.71. The van der Waals surface area contributed by atoms with Crippen molar-refractivity contribution < 1.29 is 9.18 Å². The maximum absolute atomic E-state index is 13.0. The third kappa shape index (κ3) is 5.11. The Labute approximate surface area is 135 Å². The summed E-state index contributed by atoms with van der Waals surface area (Å²) >= 11 is 5.69. The molecule has 1 aromatic rings. The molecule has 0 aliphatic carbocycles. The number of likely N-dealkylation sites (tertiary alicyclic amines) is 1. The van der Waals surface area contributed by atoms with Gasteiger partial charge in [0, 0.05) is 18.3 Å². The van der Waals surface area contributed by atoms with Crippen molar-refractivity contribution in [1.82, 2.24) is 10.2 Å². The van der Waals surface area contributed by atoms with Gasteiger partial charge in [0.1, 0.15) is 5.82 Å². The van der Waals surface area contributed by atoms with Crippen LogP contribution in [0.15, 0.2) is 18.2 Å². The molecule has 1 unspecified atom stereocenters. The van der Waals surface area contributed by atoms with Crippen LogP contribution in [0, 0.1) is 5.82 Å². The van der Waals surface area contributed by atoms with Crippen molar-refractivity contribution in [2.75, 3.05) is 32.0 Å². The van der Waals surface area contributed by atoms with E-state index < -0.39 is 5.82 Å². The van der Waals surface area contributed by atoms with Crippen LogP contribution in [-0.4, -0.2) is 43.5 Å². The molecule has 1 amide bonds. The van der Waals surface area contributed by atoms with E-state index in [2.05, 4.69) is 15.5 Å². The first kappa shape index (κ1) is 18.2. The van der Waals surface area contributed by atoms with Crippen LogP contribution in [-0.2, 0) is 4.79 Å². The molecule has 21 heavy (non-hydrogen) atoms. The second-order valence-electron chi connectivity index (χ2n) is 5.00. The molecule has 1 heterocycles. The summed E-state index contributed by atoms with van der Waals surface area (Å²) in [6, 6.07) is 4.58. The van der Waals surface area contributed by atoms with Crippen molar-refractivity contribution in [2.24, 2.45) is 0 Å². The number of hydrogen-bond donors (Lipinski definition) is 2. The van der Waals surface area contributed by atoms with Gasteiger partial charge in [0.25, 0.3) is 0 Å². The zero-order chi connectivity index (χ0) is 14.5. The van der Waals surface area contributed by atoms with Crippen LogP contribution in [0.25, 0.3) is 0 Å².